The molecule has 0 saturated carbocycles. The third kappa shape index (κ3) is 5.79. The van der Waals surface area contributed by atoms with Crippen LogP contribution in [0.25, 0.3) is 0 Å². The van der Waals surface area contributed by atoms with Crippen LogP contribution in [0.3, 0.4) is 0 Å². The van der Waals surface area contributed by atoms with Gasteiger partial charge in [-0.1, -0.05) is 0 Å². The first-order valence-corrected chi connectivity index (χ1v) is 7.15. The number of hydrogen-bond acceptors (Lipinski definition) is 2. The lowest BCUT2D eigenvalue weighted by Crippen LogP contribution is -2.26. The Morgan fingerprint density at radius 2 is 1.41 bits per heavy atom. The summed E-state index contributed by atoms with van der Waals surface area (Å²) in [5.41, 5.74) is -3.92. The van der Waals surface area contributed by atoms with E-state index in [9.17, 15) is 30.9 Å². The van der Waals surface area contributed by atoms with Crippen LogP contribution in [0.1, 0.15) is 11.1 Å². The van der Waals surface area contributed by atoms with Gasteiger partial charge in [0.05, 0.1) is 11.1 Å². The highest BCUT2D eigenvalue weighted by Crippen LogP contribution is 2.37. The van der Waals surface area contributed by atoms with Crippen LogP contribution in [-0.4, -0.2) is 14.9 Å². The van der Waals surface area contributed by atoms with Crippen LogP contribution in [0.15, 0.2) is 18.2 Å². The summed E-state index contributed by atoms with van der Waals surface area (Å²) in [6.45, 7) is 0. The van der Waals surface area contributed by atoms with Crippen LogP contribution in [0.5, 0.6) is 0 Å². The molecule has 0 amide bonds. The molecule has 1 aromatic carbocycles. The zero-order valence-corrected chi connectivity index (χ0v) is 11.9. The van der Waals surface area contributed by atoms with Crippen molar-refractivity contribution < 1.29 is 40.7 Å². The van der Waals surface area contributed by atoms with Crippen LogP contribution >= 0.6 is 20.0 Å². The Hall–Kier alpha value is -1.36. The Bertz CT molecular complexity index is 595. The Morgan fingerprint density at radius 3 is 1.73 bits per heavy atom. The van der Waals surface area contributed by atoms with Gasteiger partial charge < -0.3 is 15.1 Å². The molecule has 0 fully saturated rings. The van der Waals surface area contributed by atoms with Crippen molar-refractivity contribution in [3.8, 4) is 0 Å². The van der Waals surface area contributed by atoms with Gasteiger partial charge in [0.1, 0.15) is 0 Å². The van der Waals surface area contributed by atoms with Crippen molar-refractivity contribution in [3.63, 3.8) is 0 Å². The third-order valence-electron chi connectivity index (χ3n) is 2.09. The lowest BCUT2D eigenvalue weighted by atomic mass is 10.1. The van der Waals surface area contributed by atoms with Crippen LogP contribution in [-0.2, 0) is 16.9 Å². The third-order valence-corrected chi connectivity index (χ3v) is 2.96. The predicted octanol–water partition coefficient (Wildman–Crippen LogP) is 3.10. The number of halogens is 6. The number of thiocarbonyl (C=S) groups is 1. The molecule has 4 N–H and O–H groups in total. The molecule has 0 aliphatic heterocycles. The molecule has 13 heteroatoms. The second-order valence-corrected chi connectivity index (χ2v) is 5.62. The van der Waals surface area contributed by atoms with Crippen LogP contribution in [0, 0.1) is 0 Å². The maximum absolute atomic E-state index is 12.6. The summed E-state index contributed by atoms with van der Waals surface area (Å²) >= 11 is 4.38. The summed E-state index contributed by atoms with van der Waals surface area (Å²) in [6.07, 6.45) is -10.1. The molecule has 1 aromatic rings. The number of alkyl halides is 6. The highest BCUT2D eigenvalue weighted by Gasteiger charge is 2.37. The van der Waals surface area contributed by atoms with Crippen molar-refractivity contribution >= 4 is 30.8 Å². The average Bonchev–Trinajstić information content (AvgIpc) is 2.23. The molecule has 0 aliphatic rings. The van der Waals surface area contributed by atoms with E-state index in [1.54, 1.807) is 0 Å². The number of anilines is 1. The van der Waals surface area contributed by atoms with E-state index in [-0.39, 0.29) is 6.07 Å². The molecule has 0 unspecified atom stereocenters. The molecule has 0 bridgehead atoms. The summed E-state index contributed by atoms with van der Waals surface area (Å²) in [6, 6.07) is 0.552. The second kappa shape index (κ2) is 6.03. The van der Waals surface area contributed by atoms with Gasteiger partial charge >= 0.3 is 20.1 Å². The van der Waals surface area contributed by atoms with Gasteiger partial charge in [0.2, 0.25) is 0 Å². The van der Waals surface area contributed by atoms with E-state index in [1.165, 1.54) is 5.09 Å². The molecular formula is C9H7F6N2O3PS. The van der Waals surface area contributed by atoms with E-state index in [0.29, 0.717) is 12.1 Å². The first-order valence-electron chi connectivity index (χ1n) is 5.13. The number of benzene rings is 1. The molecule has 0 atom stereocenters. The minimum absolute atomic E-state index is 0.0926. The molecule has 0 radical (unpaired) electrons. The van der Waals surface area contributed by atoms with E-state index >= 15 is 0 Å². The van der Waals surface area contributed by atoms with Crippen molar-refractivity contribution in [2.75, 3.05) is 5.32 Å². The molecule has 0 spiro atoms. The van der Waals surface area contributed by atoms with E-state index in [1.807, 2.05) is 5.32 Å². The summed E-state index contributed by atoms with van der Waals surface area (Å²) in [4.78, 5) is 17.1. The number of hydrogen-bond donors (Lipinski definition) is 4. The summed E-state index contributed by atoms with van der Waals surface area (Å²) < 4.78 is 86.0. The first kappa shape index (κ1) is 18.7. The van der Waals surface area contributed by atoms with Gasteiger partial charge in [0.15, 0.2) is 5.11 Å². The topological polar surface area (TPSA) is 81.6 Å². The normalized spacial score (nSPS) is 12.9. The maximum atomic E-state index is 12.6. The Balaban J connectivity index is 3.19. The van der Waals surface area contributed by atoms with Gasteiger partial charge in [-0.2, -0.15) is 26.3 Å². The van der Waals surface area contributed by atoms with Crippen LogP contribution < -0.4 is 10.4 Å². The summed E-state index contributed by atoms with van der Waals surface area (Å²) in [5.74, 6) is 0. The average molecular weight is 368 g/mol. The van der Waals surface area contributed by atoms with Crippen LogP contribution in [0.4, 0.5) is 32.0 Å². The van der Waals surface area contributed by atoms with E-state index < -0.39 is 42.0 Å². The zero-order valence-electron chi connectivity index (χ0n) is 10.2. The summed E-state index contributed by atoms with van der Waals surface area (Å²) in [7, 11) is -4.85. The fraction of sp³-hybridized carbons (Fsp3) is 0.222. The summed E-state index contributed by atoms with van der Waals surface area (Å²) in [5, 5.41) is 2.43. The van der Waals surface area contributed by atoms with Crippen LogP contribution in [0.2, 0.25) is 0 Å². The molecule has 0 heterocycles. The Kier molecular flexibility index (Phi) is 5.12. The minimum atomic E-state index is -5.05. The quantitative estimate of drug-likeness (QED) is 0.365. The monoisotopic (exact) mass is 368 g/mol. The fourth-order valence-corrected chi connectivity index (χ4v) is 2.11. The molecule has 0 aliphatic carbocycles. The van der Waals surface area contributed by atoms with Gasteiger partial charge in [-0.15, -0.1) is 0 Å². The molecular weight excluding hydrogens is 361 g/mol. The molecule has 22 heavy (non-hydrogen) atoms. The van der Waals surface area contributed by atoms with E-state index in [0.717, 1.165) is 0 Å². The lowest BCUT2D eigenvalue weighted by molar-refractivity contribution is -0.143. The van der Waals surface area contributed by atoms with Gasteiger partial charge in [0, 0.05) is 5.69 Å². The van der Waals surface area contributed by atoms with Crippen molar-refractivity contribution in [1.82, 2.24) is 5.09 Å². The van der Waals surface area contributed by atoms with Gasteiger partial charge in [-0.25, -0.2) is 4.57 Å². The number of rotatable bonds is 2. The molecule has 124 valence electrons. The lowest BCUT2D eigenvalue weighted by Gasteiger charge is -2.16. The molecule has 0 saturated heterocycles. The van der Waals surface area contributed by atoms with Crippen molar-refractivity contribution in [2.24, 2.45) is 0 Å². The Labute approximate surface area is 124 Å². The first-order chi connectivity index (χ1) is 9.68. The standard InChI is InChI=1S/C9H7F6N2O3PS/c10-8(11,12)4-1-5(9(13,14)15)3-6(2-4)16-7(22)17-21(18,19)20/h1-3H,(H4,16,17,18,19,20,22). The van der Waals surface area contributed by atoms with Crippen molar-refractivity contribution in [2.45, 2.75) is 12.4 Å². The predicted molar refractivity (Wildman–Crippen MR) is 67.8 cm³/mol. The SMILES string of the molecule is O=P(O)(O)NC(=S)Nc1cc(C(F)(F)F)cc(C(F)(F)F)c1. The number of nitrogens with one attached hydrogen (secondary N) is 2. The largest absolute Gasteiger partial charge is 0.429 e. The maximum Gasteiger partial charge on any atom is 0.429 e. The highest BCUT2D eigenvalue weighted by atomic mass is 32.1. The van der Waals surface area contributed by atoms with E-state index in [2.05, 4.69) is 12.2 Å². The molecule has 5 nitrogen and oxygen atoms in total. The van der Waals surface area contributed by atoms with Gasteiger partial charge in [-0.05, 0) is 30.4 Å². The van der Waals surface area contributed by atoms with E-state index in [4.69, 9.17) is 9.79 Å². The zero-order chi connectivity index (χ0) is 17.3. The minimum Gasteiger partial charge on any atom is -0.332 e. The Morgan fingerprint density at radius 1 is 1.00 bits per heavy atom. The fourth-order valence-electron chi connectivity index (χ4n) is 1.32. The molecule has 0 aromatic heterocycles. The molecule has 1 rings (SSSR count). The highest BCUT2D eigenvalue weighted by molar-refractivity contribution is 7.81. The van der Waals surface area contributed by atoms with Crippen molar-refractivity contribution in [1.29, 1.82) is 0 Å². The second-order valence-electron chi connectivity index (χ2n) is 3.90. The smallest absolute Gasteiger partial charge is 0.332 e. The van der Waals surface area contributed by atoms with Gasteiger partial charge in [0.25, 0.3) is 0 Å². The van der Waals surface area contributed by atoms with Gasteiger partial charge in [-0.3, -0.25) is 5.09 Å². The van der Waals surface area contributed by atoms with Crippen molar-refractivity contribution in [3.05, 3.63) is 29.3 Å².